The molecule has 1 saturated heterocycles. The highest BCUT2D eigenvalue weighted by Crippen LogP contribution is 2.23. The van der Waals surface area contributed by atoms with Crippen LogP contribution >= 0.6 is 0 Å². The molecule has 2 heterocycles. The molecule has 1 aromatic heterocycles. The molecule has 0 amide bonds. The first-order chi connectivity index (χ1) is 16.0. The molecule has 1 aliphatic rings. The van der Waals surface area contributed by atoms with Gasteiger partial charge in [0.1, 0.15) is 0 Å². The lowest BCUT2D eigenvalue weighted by Crippen LogP contribution is -2.48. The highest BCUT2D eigenvalue weighted by atomic mass is 15.3. The van der Waals surface area contributed by atoms with Crippen molar-refractivity contribution in [2.75, 3.05) is 57.3 Å². The van der Waals surface area contributed by atoms with Crippen LogP contribution in [0.4, 0.5) is 5.69 Å². The first-order valence-electron chi connectivity index (χ1n) is 12.4. The molecule has 33 heavy (non-hydrogen) atoms. The molecule has 0 N–H and O–H groups in total. The molecule has 4 rings (SSSR count). The lowest BCUT2D eigenvalue weighted by molar-refractivity contribution is 0.202. The number of para-hydroxylation sites is 1. The molecular formula is C28H39N5. The highest BCUT2D eigenvalue weighted by molar-refractivity contribution is 5.56. The van der Waals surface area contributed by atoms with E-state index in [9.17, 15) is 0 Å². The maximum atomic E-state index is 4.86. The molecule has 0 radical (unpaired) electrons. The molecule has 1 fully saturated rings. The number of nitrogens with zero attached hydrogens (tertiary/aromatic N) is 5. The van der Waals surface area contributed by atoms with Gasteiger partial charge in [-0.05, 0) is 62.7 Å². The van der Waals surface area contributed by atoms with Gasteiger partial charge in [-0.25, -0.2) is 4.68 Å². The van der Waals surface area contributed by atoms with Crippen molar-refractivity contribution in [1.29, 1.82) is 0 Å². The van der Waals surface area contributed by atoms with Crippen LogP contribution in [-0.2, 0) is 6.42 Å². The van der Waals surface area contributed by atoms with Crippen molar-refractivity contribution in [3.63, 3.8) is 0 Å². The monoisotopic (exact) mass is 445 g/mol. The lowest BCUT2D eigenvalue weighted by atomic mass is 10.1. The molecule has 0 saturated carbocycles. The van der Waals surface area contributed by atoms with Crippen LogP contribution in [0.3, 0.4) is 0 Å². The summed E-state index contributed by atoms with van der Waals surface area (Å²) in [4.78, 5) is 7.74. The predicted molar refractivity (Wildman–Crippen MR) is 139 cm³/mol. The van der Waals surface area contributed by atoms with E-state index in [-0.39, 0.29) is 0 Å². The van der Waals surface area contributed by atoms with Crippen molar-refractivity contribution < 1.29 is 0 Å². The third-order valence-electron chi connectivity index (χ3n) is 7.09. The summed E-state index contributed by atoms with van der Waals surface area (Å²) in [6.07, 6.45) is 0.995. The van der Waals surface area contributed by atoms with E-state index in [1.807, 2.05) is 6.07 Å². The standard InChI is InChI=1S/C28H39N5/c1-5-30(15-14-26-22-24(3)33(29-26)27-11-7-6-8-12-27)16-17-31-18-20-32(21-19-31)28-13-9-10-23(2)25(28)4/h6-13,22H,5,14-21H2,1-4H3. The van der Waals surface area contributed by atoms with E-state index in [2.05, 4.69) is 95.6 Å². The number of hydrogen-bond acceptors (Lipinski definition) is 4. The Labute approximate surface area is 199 Å². The van der Waals surface area contributed by atoms with Crippen molar-refractivity contribution in [2.45, 2.75) is 34.1 Å². The molecule has 5 heteroatoms. The second kappa shape index (κ2) is 11.0. The average Bonchev–Trinajstić information content (AvgIpc) is 3.22. The van der Waals surface area contributed by atoms with Crippen molar-refractivity contribution in [1.82, 2.24) is 19.6 Å². The van der Waals surface area contributed by atoms with Gasteiger partial charge in [-0.2, -0.15) is 5.10 Å². The minimum atomic E-state index is 0.995. The minimum absolute atomic E-state index is 0.995. The maximum absolute atomic E-state index is 4.86. The molecule has 0 unspecified atom stereocenters. The molecular weight excluding hydrogens is 406 g/mol. The van der Waals surface area contributed by atoms with Crippen LogP contribution in [0.25, 0.3) is 5.69 Å². The Morgan fingerprint density at radius 1 is 0.879 bits per heavy atom. The Morgan fingerprint density at radius 2 is 1.64 bits per heavy atom. The minimum Gasteiger partial charge on any atom is -0.369 e. The zero-order chi connectivity index (χ0) is 23.2. The van der Waals surface area contributed by atoms with E-state index < -0.39 is 0 Å². The van der Waals surface area contributed by atoms with Crippen LogP contribution < -0.4 is 4.90 Å². The zero-order valence-electron chi connectivity index (χ0n) is 20.8. The van der Waals surface area contributed by atoms with E-state index in [0.717, 1.165) is 64.5 Å². The number of piperazine rings is 1. The normalized spacial score (nSPS) is 14.9. The fourth-order valence-electron chi connectivity index (χ4n) is 4.77. The van der Waals surface area contributed by atoms with E-state index >= 15 is 0 Å². The van der Waals surface area contributed by atoms with Crippen LogP contribution in [0, 0.1) is 20.8 Å². The largest absolute Gasteiger partial charge is 0.369 e. The van der Waals surface area contributed by atoms with Crippen molar-refractivity contribution in [3.8, 4) is 5.69 Å². The molecule has 5 nitrogen and oxygen atoms in total. The van der Waals surface area contributed by atoms with Crippen LogP contribution in [0.15, 0.2) is 54.6 Å². The van der Waals surface area contributed by atoms with Crippen LogP contribution in [0.5, 0.6) is 0 Å². The Kier molecular flexibility index (Phi) is 7.84. The molecule has 3 aromatic rings. The summed E-state index contributed by atoms with van der Waals surface area (Å²) in [6, 6.07) is 19.3. The van der Waals surface area contributed by atoms with E-state index in [1.54, 1.807) is 0 Å². The van der Waals surface area contributed by atoms with Crippen molar-refractivity contribution in [3.05, 3.63) is 77.1 Å². The molecule has 0 aliphatic carbocycles. The molecule has 0 atom stereocenters. The quantitative estimate of drug-likeness (QED) is 0.485. The van der Waals surface area contributed by atoms with E-state index in [1.165, 1.54) is 28.2 Å². The molecule has 1 aliphatic heterocycles. The van der Waals surface area contributed by atoms with Gasteiger partial charge in [0.15, 0.2) is 0 Å². The Bertz CT molecular complexity index is 1020. The first kappa shape index (κ1) is 23.5. The lowest BCUT2D eigenvalue weighted by Gasteiger charge is -2.37. The summed E-state index contributed by atoms with van der Waals surface area (Å²) in [5.41, 5.74) is 7.73. The second-order valence-corrected chi connectivity index (χ2v) is 9.26. The highest BCUT2D eigenvalue weighted by Gasteiger charge is 2.19. The molecule has 0 bridgehead atoms. The fraction of sp³-hybridized carbons (Fsp3) is 0.464. The molecule has 0 spiro atoms. The van der Waals surface area contributed by atoms with Crippen LogP contribution in [0.1, 0.15) is 29.4 Å². The van der Waals surface area contributed by atoms with Gasteiger partial charge in [-0.1, -0.05) is 37.3 Å². The van der Waals surface area contributed by atoms with Crippen molar-refractivity contribution in [2.24, 2.45) is 0 Å². The SMILES string of the molecule is CCN(CCc1cc(C)n(-c2ccccc2)n1)CCN1CCN(c2cccc(C)c2C)CC1. The van der Waals surface area contributed by atoms with Crippen molar-refractivity contribution >= 4 is 5.69 Å². The second-order valence-electron chi connectivity index (χ2n) is 9.26. The van der Waals surface area contributed by atoms with Crippen LogP contribution in [0.2, 0.25) is 0 Å². The summed E-state index contributed by atoms with van der Waals surface area (Å²) in [6.45, 7) is 17.8. The summed E-state index contributed by atoms with van der Waals surface area (Å²) >= 11 is 0. The summed E-state index contributed by atoms with van der Waals surface area (Å²) < 4.78 is 2.06. The number of aromatic nitrogens is 2. The summed E-state index contributed by atoms with van der Waals surface area (Å²) in [5.74, 6) is 0. The van der Waals surface area contributed by atoms with E-state index in [0.29, 0.717) is 0 Å². The Morgan fingerprint density at radius 3 is 2.36 bits per heavy atom. The van der Waals surface area contributed by atoms with E-state index in [4.69, 9.17) is 5.10 Å². The van der Waals surface area contributed by atoms with Gasteiger partial charge in [-0.3, -0.25) is 4.90 Å². The number of benzene rings is 2. The Balaban J connectivity index is 1.24. The van der Waals surface area contributed by atoms with Gasteiger partial charge in [0.2, 0.25) is 0 Å². The number of aryl methyl sites for hydroxylation is 2. The van der Waals surface area contributed by atoms with Gasteiger partial charge in [0.25, 0.3) is 0 Å². The summed E-state index contributed by atoms with van der Waals surface area (Å²) in [5, 5.41) is 4.86. The third-order valence-corrected chi connectivity index (χ3v) is 7.09. The predicted octanol–water partition coefficient (Wildman–Crippen LogP) is 4.48. The number of hydrogen-bond donors (Lipinski definition) is 0. The van der Waals surface area contributed by atoms with Gasteiger partial charge in [0, 0.05) is 63.6 Å². The number of rotatable bonds is 9. The molecule has 176 valence electrons. The first-order valence-corrected chi connectivity index (χ1v) is 12.4. The number of anilines is 1. The third kappa shape index (κ3) is 5.84. The summed E-state index contributed by atoms with van der Waals surface area (Å²) in [7, 11) is 0. The Hall–Kier alpha value is -2.63. The van der Waals surface area contributed by atoms with Gasteiger partial charge in [0.05, 0.1) is 11.4 Å². The maximum Gasteiger partial charge on any atom is 0.0648 e. The smallest absolute Gasteiger partial charge is 0.0648 e. The van der Waals surface area contributed by atoms with Gasteiger partial charge >= 0.3 is 0 Å². The zero-order valence-corrected chi connectivity index (χ0v) is 20.8. The number of likely N-dealkylation sites (N-methyl/N-ethyl adjacent to an activating group) is 1. The van der Waals surface area contributed by atoms with Gasteiger partial charge < -0.3 is 9.80 Å². The van der Waals surface area contributed by atoms with Gasteiger partial charge in [-0.15, -0.1) is 0 Å². The average molecular weight is 446 g/mol. The topological polar surface area (TPSA) is 27.5 Å². The van der Waals surface area contributed by atoms with Crippen LogP contribution in [-0.4, -0.2) is 71.9 Å². The molecule has 2 aromatic carbocycles. The fourth-order valence-corrected chi connectivity index (χ4v) is 4.77.